The van der Waals surface area contributed by atoms with Gasteiger partial charge < -0.3 is 15.5 Å². The highest BCUT2D eigenvalue weighted by Gasteiger charge is 2.30. The lowest BCUT2D eigenvalue weighted by Gasteiger charge is -2.31. The summed E-state index contributed by atoms with van der Waals surface area (Å²) in [5.41, 5.74) is 11.2. The third-order valence-electron chi connectivity index (χ3n) is 5.42. The number of nitrogens with zero attached hydrogens (tertiary/aromatic N) is 3. The van der Waals surface area contributed by atoms with Crippen LogP contribution in [0, 0.1) is 6.92 Å². The van der Waals surface area contributed by atoms with Crippen molar-refractivity contribution in [2.24, 2.45) is 5.73 Å². The monoisotopic (exact) mass is 399 g/mol. The molecule has 0 amide bonds. The molecule has 0 saturated heterocycles. The summed E-state index contributed by atoms with van der Waals surface area (Å²) in [5.74, 6) is -0.348. The Balaban J connectivity index is 1.54. The van der Waals surface area contributed by atoms with Gasteiger partial charge in [-0.25, -0.2) is 9.78 Å². The molecule has 1 saturated carbocycles. The number of esters is 1. The van der Waals surface area contributed by atoms with E-state index in [1.54, 1.807) is 18.6 Å². The smallest absolute Gasteiger partial charge is 0.339 e. The lowest BCUT2D eigenvalue weighted by Crippen LogP contribution is -2.42. The number of carbonyl (C=O) groups is 1. The van der Waals surface area contributed by atoms with Crippen molar-refractivity contribution in [3.8, 4) is 22.6 Å². The Morgan fingerprint density at radius 1 is 1.17 bits per heavy atom. The molecule has 1 fully saturated rings. The molecule has 0 unspecified atom stereocenters. The van der Waals surface area contributed by atoms with Crippen molar-refractivity contribution in [1.29, 1.82) is 0 Å². The molecule has 0 radical (unpaired) electrons. The van der Waals surface area contributed by atoms with E-state index in [0.717, 1.165) is 39.2 Å². The minimum atomic E-state index is -0.348. The average molecular weight is 399 g/mol. The van der Waals surface area contributed by atoms with Crippen molar-refractivity contribution in [2.45, 2.75) is 31.9 Å². The van der Waals surface area contributed by atoms with Crippen molar-refractivity contribution in [3.05, 3.63) is 66.2 Å². The number of aromatic amines is 1. The number of nitrogens with two attached hydrogens (primary N) is 1. The van der Waals surface area contributed by atoms with Crippen LogP contribution in [-0.2, 0) is 4.74 Å². The zero-order chi connectivity index (χ0) is 20.7. The molecule has 3 N–H and O–H groups in total. The Kier molecular flexibility index (Phi) is 4.52. The number of pyridine rings is 2. The summed E-state index contributed by atoms with van der Waals surface area (Å²) in [6.07, 6.45) is 4.59. The lowest BCUT2D eigenvalue weighted by molar-refractivity contribution is 0.00343. The molecule has 0 bridgehead atoms. The first-order chi connectivity index (χ1) is 14.6. The molecule has 5 rings (SSSR count). The first-order valence-electron chi connectivity index (χ1n) is 9.91. The van der Waals surface area contributed by atoms with Crippen molar-refractivity contribution in [3.63, 3.8) is 0 Å². The predicted molar refractivity (Wildman–Crippen MR) is 114 cm³/mol. The second-order valence-corrected chi connectivity index (χ2v) is 7.64. The zero-order valence-electron chi connectivity index (χ0n) is 16.5. The van der Waals surface area contributed by atoms with E-state index < -0.39 is 0 Å². The molecule has 1 aliphatic carbocycles. The summed E-state index contributed by atoms with van der Waals surface area (Å²) >= 11 is 0. The van der Waals surface area contributed by atoms with Crippen molar-refractivity contribution in [1.82, 2.24) is 19.9 Å². The standard InChI is InChI=1S/C23H21N5O2/c1-13-3-2-4-20(28-13)22-21(26-12-27-22)14-5-6-19-18(9-14)17(7-8-25-19)23(29)30-16-10-15(24)11-16/h2-9,12,15-16H,10-11,24H2,1H3,(H,26,27)/t15-,16-. The van der Waals surface area contributed by atoms with E-state index in [2.05, 4.69) is 19.9 Å². The topological polar surface area (TPSA) is 107 Å². The first kappa shape index (κ1) is 18.4. The summed E-state index contributed by atoms with van der Waals surface area (Å²) in [5, 5.41) is 0.731. The average Bonchev–Trinajstić information content (AvgIpc) is 3.21. The Hall–Kier alpha value is -3.58. The van der Waals surface area contributed by atoms with Crippen LogP contribution in [0.5, 0.6) is 0 Å². The fraction of sp³-hybridized carbons (Fsp3) is 0.217. The third kappa shape index (κ3) is 3.33. The van der Waals surface area contributed by atoms with E-state index in [9.17, 15) is 4.79 Å². The minimum Gasteiger partial charge on any atom is -0.459 e. The van der Waals surface area contributed by atoms with Gasteiger partial charge in [0.1, 0.15) is 6.10 Å². The summed E-state index contributed by atoms with van der Waals surface area (Å²) < 4.78 is 5.61. The van der Waals surface area contributed by atoms with E-state index in [1.807, 2.05) is 43.3 Å². The minimum absolute atomic E-state index is 0.107. The molecular weight excluding hydrogens is 378 g/mol. The van der Waals surface area contributed by atoms with Gasteiger partial charge in [0.2, 0.25) is 0 Å². The van der Waals surface area contributed by atoms with Crippen LogP contribution in [0.1, 0.15) is 28.9 Å². The van der Waals surface area contributed by atoms with Crippen LogP contribution in [0.15, 0.2) is 55.0 Å². The molecule has 7 nitrogen and oxygen atoms in total. The quantitative estimate of drug-likeness (QED) is 0.508. The van der Waals surface area contributed by atoms with Gasteiger partial charge in [0, 0.05) is 28.9 Å². The number of hydrogen-bond donors (Lipinski definition) is 2. The molecule has 1 aliphatic rings. The van der Waals surface area contributed by atoms with Gasteiger partial charge in [0.15, 0.2) is 0 Å². The summed E-state index contributed by atoms with van der Waals surface area (Å²) in [7, 11) is 0. The number of ether oxygens (including phenoxy) is 1. The second kappa shape index (κ2) is 7.35. The van der Waals surface area contributed by atoms with Crippen LogP contribution in [0.3, 0.4) is 0 Å². The van der Waals surface area contributed by atoms with Gasteiger partial charge in [-0.3, -0.25) is 9.97 Å². The molecule has 3 heterocycles. The van der Waals surface area contributed by atoms with Crippen LogP contribution < -0.4 is 5.73 Å². The lowest BCUT2D eigenvalue weighted by atomic mass is 9.90. The number of carbonyl (C=O) groups excluding carboxylic acids is 1. The van der Waals surface area contributed by atoms with E-state index in [4.69, 9.17) is 10.5 Å². The van der Waals surface area contributed by atoms with Crippen molar-refractivity contribution < 1.29 is 9.53 Å². The van der Waals surface area contributed by atoms with Crippen LogP contribution in [-0.4, -0.2) is 38.1 Å². The van der Waals surface area contributed by atoms with Gasteiger partial charge in [0.05, 0.1) is 34.5 Å². The Bertz CT molecular complexity index is 1240. The Morgan fingerprint density at radius 3 is 2.83 bits per heavy atom. The largest absolute Gasteiger partial charge is 0.459 e. The molecular formula is C23H21N5O2. The number of nitrogens with one attached hydrogen (secondary N) is 1. The van der Waals surface area contributed by atoms with Crippen LogP contribution in [0.2, 0.25) is 0 Å². The maximum atomic E-state index is 12.8. The number of hydrogen-bond acceptors (Lipinski definition) is 6. The second-order valence-electron chi connectivity index (χ2n) is 7.64. The van der Waals surface area contributed by atoms with Gasteiger partial charge in [-0.1, -0.05) is 12.1 Å². The molecule has 0 atom stereocenters. The molecule has 1 aromatic carbocycles. The number of benzene rings is 1. The highest BCUT2D eigenvalue weighted by Crippen LogP contribution is 2.31. The van der Waals surface area contributed by atoms with E-state index in [-0.39, 0.29) is 18.1 Å². The maximum Gasteiger partial charge on any atom is 0.339 e. The number of imidazole rings is 1. The molecule has 150 valence electrons. The van der Waals surface area contributed by atoms with E-state index in [1.165, 1.54) is 0 Å². The van der Waals surface area contributed by atoms with Crippen molar-refractivity contribution >= 4 is 16.9 Å². The van der Waals surface area contributed by atoms with Gasteiger partial charge in [-0.15, -0.1) is 0 Å². The van der Waals surface area contributed by atoms with Crippen LogP contribution in [0.25, 0.3) is 33.5 Å². The number of fused-ring (bicyclic) bond motifs is 1. The third-order valence-corrected chi connectivity index (χ3v) is 5.42. The molecule has 0 spiro atoms. The zero-order valence-corrected chi connectivity index (χ0v) is 16.5. The predicted octanol–water partition coefficient (Wildman–Crippen LogP) is 3.64. The van der Waals surface area contributed by atoms with Crippen LogP contribution in [0.4, 0.5) is 0 Å². The maximum absolute atomic E-state index is 12.8. The highest BCUT2D eigenvalue weighted by molar-refractivity contribution is 6.04. The Morgan fingerprint density at radius 2 is 2.03 bits per heavy atom. The van der Waals surface area contributed by atoms with Gasteiger partial charge in [-0.05, 0) is 50.1 Å². The normalized spacial score (nSPS) is 18.2. The highest BCUT2D eigenvalue weighted by atomic mass is 16.5. The van der Waals surface area contributed by atoms with Crippen LogP contribution >= 0.6 is 0 Å². The summed E-state index contributed by atoms with van der Waals surface area (Å²) in [6.45, 7) is 1.95. The number of rotatable bonds is 4. The molecule has 7 heteroatoms. The number of H-pyrrole nitrogens is 1. The van der Waals surface area contributed by atoms with Crippen molar-refractivity contribution in [2.75, 3.05) is 0 Å². The Labute approximate surface area is 173 Å². The number of aryl methyl sites for hydroxylation is 1. The van der Waals surface area contributed by atoms with Gasteiger partial charge >= 0.3 is 5.97 Å². The molecule has 30 heavy (non-hydrogen) atoms. The molecule has 0 aliphatic heterocycles. The summed E-state index contributed by atoms with van der Waals surface area (Å²) in [6, 6.07) is 13.5. The SMILES string of the molecule is Cc1cccc(-c2[nH]cnc2-c2ccc3nccc(C(=O)O[C@H]4C[C@H](N)C4)c3c2)n1. The van der Waals surface area contributed by atoms with Gasteiger partial charge in [-0.2, -0.15) is 0 Å². The fourth-order valence-electron chi connectivity index (χ4n) is 3.78. The summed E-state index contributed by atoms with van der Waals surface area (Å²) in [4.78, 5) is 29.5. The fourth-order valence-corrected chi connectivity index (χ4v) is 3.78. The van der Waals surface area contributed by atoms with E-state index in [0.29, 0.717) is 18.4 Å². The molecule has 3 aromatic heterocycles. The van der Waals surface area contributed by atoms with E-state index >= 15 is 0 Å². The van der Waals surface area contributed by atoms with Gasteiger partial charge in [0.25, 0.3) is 0 Å². The number of aromatic nitrogens is 4. The molecule has 4 aromatic rings. The first-order valence-corrected chi connectivity index (χ1v) is 9.91.